The van der Waals surface area contributed by atoms with Crippen LogP contribution in [0.15, 0.2) is 18.2 Å². The van der Waals surface area contributed by atoms with Gasteiger partial charge in [0.15, 0.2) is 0 Å². The zero-order valence-corrected chi connectivity index (χ0v) is 12.1. The SMILES string of the molecule is CCCCC(C)C(N)Cc1ccc(Cl)cc1Cl. The largest absolute Gasteiger partial charge is 0.327 e. The van der Waals surface area contributed by atoms with E-state index in [0.717, 1.165) is 17.0 Å². The second-order valence-corrected chi connectivity index (χ2v) is 5.57. The molecule has 0 radical (unpaired) electrons. The summed E-state index contributed by atoms with van der Waals surface area (Å²) >= 11 is 12.0. The molecule has 2 unspecified atom stereocenters. The van der Waals surface area contributed by atoms with Crippen LogP contribution in [0.5, 0.6) is 0 Å². The summed E-state index contributed by atoms with van der Waals surface area (Å²) in [4.78, 5) is 0. The number of rotatable bonds is 6. The van der Waals surface area contributed by atoms with Crippen molar-refractivity contribution >= 4 is 23.2 Å². The van der Waals surface area contributed by atoms with E-state index >= 15 is 0 Å². The molecule has 1 aromatic carbocycles. The van der Waals surface area contributed by atoms with Crippen LogP contribution in [-0.2, 0) is 6.42 Å². The molecule has 0 aliphatic rings. The van der Waals surface area contributed by atoms with Gasteiger partial charge in [-0.1, -0.05) is 56.0 Å². The summed E-state index contributed by atoms with van der Waals surface area (Å²) in [5.41, 5.74) is 7.30. The fourth-order valence-corrected chi connectivity index (χ4v) is 2.37. The average molecular weight is 274 g/mol. The van der Waals surface area contributed by atoms with Gasteiger partial charge in [0.25, 0.3) is 0 Å². The molecule has 0 heterocycles. The van der Waals surface area contributed by atoms with Crippen molar-refractivity contribution in [2.45, 2.75) is 45.6 Å². The fraction of sp³-hybridized carbons (Fsp3) is 0.571. The Kier molecular flexibility index (Phi) is 6.32. The van der Waals surface area contributed by atoms with Crippen molar-refractivity contribution in [2.75, 3.05) is 0 Å². The van der Waals surface area contributed by atoms with Crippen molar-refractivity contribution in [3.8, 4) is 0 Å². The highest BCUT2D eigenvalue weighted by Gasteiger charge is 2.14. The quantitative estimate of drug-likeness (QED) is 0.800. The maximum atomic E-state index is 6.21. The van der Waals surface area contributed by atoms with Crippen molar-refractivity contribution < 1.29 is 0 Å². The number of halogens is 2. The Morgan fingerprint density at radius 3 is 2.59 bits per heavy atom. The molecule has 0 fully saturated rings. The molecule has 0 saturated heterocycles. The van der Waals surface area contributed by atoms with Crippen LogP contribution >= 0.6 is 23.2 Å². The molecular weight excluding hydrogens is 253 g/mol. The summed E-state index contributed by atoms with van der Waals surface area (Å²) in [5, 5.41) is 1.39. The minimum atomic E-state index is 0.167. The lowest BCUT2D eigenvalue weighted by Crippen LogP contribution is -2.30. The first-order chi connectivity index (χ1) is 8.04. The third kappa shape index (κ3) is 4.87. The van der Waals surface area contributed by atoms with E-state index in [2.05, 4.69) is 13.8 Å². The van der Waals surface area contributed by atoms with Crippen LogP contribution in [-0.4, -0.2) is 6.04 Å². The average Bonchev–Trinajstić information content (AvgIpc) is 2.29. The number of benzene rings is 1. The van der Waals surface area contributed by atoms with Crippen LogP contribution in [0.25, 0.3) is 0 Å². The molecule has 0 aromatic heterocycles. The van der Waals surface area contributed by atoms with Gasteiger partial charge < -0.3 is 5.73 Å². The molecule has 3 heteroatoms. The summed E-state index contributed by atoms with van der Waals surface area (Å²) < 4.78 is 0. The summed E-state index contributed by atoms with van der Waals surface area (Å²) in [6.45, 7) is 4.42. The van der Waals surface area contributed by atoms with Gasteiger partial charge in [-0.3, -0.25) is 0 Å². The zero-order chi connectivity index (χ0) is 12.8. The van der Waals surface area contributed by atoms with Crippen molar-refractivity contribution in [2.24, 2.45) is 11.7 Å². The lowest BCUT2D eigenvalue weighted by molar-refractivity contribution is 0.411. The first-order valence-corrected chi connectivity index (χ1v) is 6.99. The molecule has 1 nitrogen and oxygen atoms in total. The van der Waals surface area contributed by atoms with Crippen molar-refractivity contribution in [1.82, 2.24) is 0 Å². The summed E-state index contributed by atoms with van der Waals surface area (Å²) in [6.07, 6.45) is 4.46. The first-order valence-electron chi connectivity index (χ1n) is 6.24. The smallest absolute Gasteiger partial charge is 0.0453 e. The summed E-state index contributed by atoms with van der Waals surface area (Å²) in [5.74, 6) is 0.529. The fourth-order valence-electron chi connectivity index (χ4n) is 1.88. The third-order valence-corrected chi connectivity index (χ3v) is 3.80. The van der Waals surface area contributed by atoms with Gasteiger partial charge in [0.05, 0.1) is 0 Å². The number of hydrogen-bond donors (Lipinski definition) is 1. The van der Waals surface area contributed by atoms with Gasteiger partial charge in [0.1, 0.15) is 0 Å². The van der Waals surface area contributed by atoms with Gasteiger partial charge in [-0.25, -0.2) is 0 Å². The first kappa shape index (κ1) is 14.8. The van der Waals surface area contributed by atoms with E-state index in [-0.39, 0.29) is 6.04 Å². The van der Waals surface area contributed by atoms with Gasteiger partial charge in [0, 0.05) is 16.1 Å². The topological polar surface area (TPSA) is 26.0 Å². The molecule has 2 N–H and O–H groups in total. The molecule has 1 aromatic rings. The lowest BCUT2D eigenvalue weighted by atomic mass is 9.91. The number of nitrogens with two attached hydrogens (primary N) is 1. The van der Waals surface area contributed by atoms with Gasteiger partial charge in [-0.2, -0.15) is 0 Å². The van der Waals surface area contributed by atoms with E-state index in [1.165, 1.54) is 19.3 Å². The third-order valence-electron chi connectivity index (χ3n) is 3.21. The van der Waals surface area contributed by atoms with E-state index in [1.54, 1.807) is 6.07 Å². The van der Waals surface area contributed by atoms with E-state index < -0.39 is 0 Å². The highest BCUT2D eigenvalue weighted by molar-refractivity contribution is 6.35. The number of hydrogen-bond acceptors (Lipinski definition) is 1. The van der Waals surface area contributed by atoms with Crippen LogP contribution in [0.1, 0.15) is 38.7 Å². The summed E-state index contributed by atoms with van der Waals surface area (Å²) in [6, 6.07) is 5.78. The Hall–Kier alpha value is -0.240. The van der Waals surface area contributed by atoms with Crippen LogP contribution in [0.4, 0.5) is 0 Å². The molecule has 0 bridgehead atoms. The molecule has 0 aliphatic carbocycles. The van der Waals surface area contributed by atoms with E-state index in [0.29, 0.717) is 10.9 Å². The molecule has 0 saturated carbocycles. The second kappa shape index (κ2) is 7.25. The Bertz CT molecular complexity index is 352. The molecule has 1 rings (SSSR count). The second-order valence-electron chi connectivity index (χ2n) is 4.72. The Morgan fingerprint density at radius 1 is 1.29 bits per heavy atom. The molecule has 0 amide bonds. The maximum absolute atomic E-state index is 6.21. The van der Waals surface area contributed by atoms with Gasteiger partial charge >= 0.3 is 0 Å². The Labute approximate surface area is 114 Å². The van der Waals surface area contributed by atoms with Crippen LogP contribution in [0, 0.1) is 5.92 Å². The molecule has 2 atom stereocenters. The molecule has 96 valence electrons. The van der Waals surface area contributed by atoms with Crippen LogP contribution in [0.2, 0.25) is 10.0 Å². The lowest BCUT2D eigenvalue weighted by Gasteiger charge is -2.20. The molecule has 0 spiro atoms. The highest BCUT2D eigenvalue weighted by Crippen LogP contribution is 2.23. The minimum absolute atomic E-state index is 0.167. The normalized spacial score (nSPS) is 14.6. The maximum Gasteiger partial charge on any atom is 0.0453 e. The molecule has 17 heavy (non-hydrogen) atoms. The van der Waals surface area contributed by atoms with E-state index in [4.69, 9.17) is 28.9 Å². The van der Waals surface area contributed by atoms with E-state index in [9.17, 15) is 0 Å². The zero-order valence-electron chi connectivity index (χ0n) is 10.5. The van der Waals surface area contributed by atoms with Crippen LogP contribution < -0.4 is 5.73 Å². The monoisotopic (exact) mass is 273 g/mol. The predicted octanol–water partition coefficient (Wildman–Crippen LogP) is 4.69. The van der Waals surface area contributed by atoms with Crippen molar-refractivity contribution in [3.05, 3.63) is 33.8 Å². The number of unbranched alkanes of at least 4 members (excludes halogenated alkanes) is 1. The highest BCUT2D eigenvalue weighted by atomic mass is 35.5. The molecular formula is C14H21Cl2N. The Morgan fingerprint density at radius 2 is 2.00 bits per heavy atom. The Balaban J connectivity index is 2.58. The van der Waals surface area contributed by atoms with E-state index in [1.807, 2.05) is 12.1 Å². The van der Waals surface area contributed by atoms with Crippen molar-refractivity contribution in [1.29, 1.82) is 0 Å². The minimum Gasteiger partial charge on any atom is -0.327 e. The summed E-state index contributed by atoms with van der Waals surface area (Å²) in [7, 11) is 0. The van der Waals surface area contributed by atoms with Crippen molar-refractivity contribution in [3.63, 3.8) is 0 Å². The predicted molar refractivity (Wildman–Crippen MR) is 76.8 cm³/mol. The van der Waals surface area contributed by atoms with Crippen LogP contribution in [0.3, 0.4) is 0 Å². The molecule has 0 aliphatic heterocycles. The van der Waals surface area contributed by atoms with Gasteiger partial charge in [-0.05, 0) is 36.5 Å². The van der Waals surface area contributed by atoms with Gasteiger partial charge in [0.2, 0.25) is 0 Å². The standard InChI is InChI=1S/C14H21Cl2N/c1-3-4-5-10(2)14(17)8-11-6-7-12(15)9-13(11)16/h6-7,9-10,14H,3-5,8,17H2,1-2H3. The van der Waals surface area contributed by atoms with Gasteiger partial charge in [-0.15, -0.1) is 0 Å².